The molecule has 33 heavy (non-hydrogen) atoms. The first kappa shape index (κ1) is 23.6. The first-order chi connectivity index (χ1) is 15.8. The Balaban J connectivity index is 1.76. The number of carbonyl (C=O) groups excluding carboxylic acids is 1. The first-order valence-electron chi connectivity index (χ1n) is 9.55. The number of nitrogens with zero attached hydrogens (tertiary/aromatic N) is 2. The van der Waals surface area contributed by atoms with Gasteiger partial charge in [-0.1, -0.05) is 18.2 Å². The molecule has 1 amide bonds. The third-order valence-corrected chi connectivity index (χ3v) is 5.65. The molecular formula is C21H20N4O7S. The summed E-state index contributed by atoms with van der Waals surface area (Å²) in [5, 5.41) is 13.6. The van der Waals surface area contributed by atoms with Crippen molar-refractivity contribution >= 4 is 33.0 Å². The van der Waals surface area contributed by atoms with Gasteiger partial charge in [-0.05, 0) is 24.3 Å². The number of nitrogens with one attached hydrogen (secondary N) is 2. The van der Waals surface area contributed by atoms with Crippen LogP contribution in [0.4, 0.5) is 17.1 Å². The van der Waals surface area contributed by atoms with E-state index in [9.17, 15) is 23.3 Å². The molecule has 0 spiro atoms. The van der Waals surface area contributed by atoms with E-state index in [4.69, 9.17) is 9.47 Å². The summed E-state index contributed by atoms with van der Waals surface area (Å²) in [6.07, 6.45) is 1.40. The van der Waals surface area contributed by atoms with Gasteiger partial charge in [0.25, 0.3) is 21.6 Å². The van der Waals surface area contributed by atoms with Gasteiger partial charge >= 0.3 is 0 Å². The van der Waals surface area contributed by atoms with Crippen LogP contribution >= 0.6 is 0 Å². The van der Waals surface area contributed by atoms with Gasteiger partial charge in [0.2, 0.25) is 5.88 Å². The Labute approximate surface area is 189 Å². The van der Waals surface area contributed by atoms with Crippen LogP contribution in [-0.4, -0.2) is 44.6 Å². The van der Waals surface area contributed by atoms with Crippen LogP contribution in [0.5, 0.6) is 5.88 Å². The van der Waals surface area contributed by atoms with Crippen LogP contribution in [0.25, 0.3) is 0 Å². The van der Waals surface area contributed by atoms with Crippen molar-refractivity contribution in [2.24, 2.45) is 0 Å². The molecule has 0 unspecified atom stereocenters. The molecule has 2 N–H and O–H groups in total. The molecule has 12 heteroatoms. The van der Waals surface area contributed by atoms with Crippen molar-refractivity contribution in [3.8, 4) is 5.88 Å². The van der Waals surface area contributed by atoms with Crippen molar-refractivity contribution < 1.29 is 27.6 Å². The van der Waals surface area contributed by atoms with Gasteiger partial charge in [-0.3, -0.25) is 19.6 Å². The van der Waals surface area contributed by atoms with E-state index in [1.165, 1.54) is 36.5 Å². The number of para-hydroxylation sites is 1. The molecule has 1 heterocycles. The van der Waals surface area contributed by atoms with Crippen molar-refractivity contribution in [1.82, 2.24) is 4.98 Å². The van der Waals surface area contributed by atoms with Crippen LogP contribution in [-0.2, 0) is 14.8 Å². The Hall–Kier alpha value is -4.03. The molecule has 0 aliphatic carbocycles. The number of sulfonamides is 1. The minimum absolute atomic E-state index is 0.00832. The second kappa shape index (κ2) is 10.5. The van der Waals surface area contributed by atoms with Gasteiger partial charge in [-0.25, -0.2) is 13.4 Å². The summed E-state index contributed by atoms with van der Waals surface area (Å²) in [7, 11) is -2.64. The normalized spacial score (nSPS) is 10.9. The Kier molecular flexibility index (Phi) is 7.53. The van der Waals surface area contributed by atoms with Crippen LogP contribution in [0, 0.1) is 10.1 Å². The predicted molar refractivity (Wildman–Crippen MR) is 120 cm³/mol. The zero-order valence-corrected chi connectivity index (χ0v) is 18.2. The van der Waals surface area contributed by atoms with Crippen molar-refractivity contribution in [3.63, 3.8) is 0 Å². The van der Waals surface area contributed by atoms with Gasteiger partial charge < -0.3 is 14.8 Å². The van der Waals surface area contributed by atoms with Gasteiger partial charge in [0.15, 0.2) is 0 Å². The number of nitro groups is 1. The SMILES string of the molecule is COCCOc1ccc(NC(=O)c2ccccc2NS(=O)(=O)c2cccc([N+](=O)[O-])c2)cn1. The van der Waals surface area contributed by atoms with Gasteiger partial charge in [0.05, 0.1) is 39.6 Å². The Morgan fingerprint density at radius 3 is 2.58 bits per heavy atom. The first-order valence-corrected chi connectivity index (χ1v) is 11.0. The number of methoxy groups -OCH3 is 1. The second-order valence-electron chi connectivity index (χ2n) is 6.59. The molecule has 0 aliphatic heterocycles. The molecule has 0 saturated heterocycles. The fourth-order valence-electron chi connectivity index (χ4n) is 2.71. The summed E-state index contributed by atoms with van der Waals surface area (Å²) >= 11 is 0. The molecule has 172 valence electrons. The number of anilines is 2. The Bertz CT molecular complexity index is 1250. The molecule has 0 saturated carbocycles. The van der Waals surface area contributed by atoms with E-state index in [0.717, 1.165) is 6.07 Å². The highest BCUT2D eigenvalue weighted by atomic mass is 32.2. The van der Waals surface area contributed by atoms with Gasteiger partial charge in [0, 0.05) is 25.3 Å². The third-order valence-electron chi connectivity index (χ3n) is 4.29. The number of nitro benzene ring substituents is 1. The maximum atomic E-state index is 12.8. The molecule has 0 bridgehead atoms. The fourth-order valence-corrected chi connectivity index (χ4v) is 3.82. The molecule has 11 nitrogen and oxygen atoms in total. The number of aromatic nitrogens is 1. The lowest BCUT2D eigenvalue weighted by atomic mass is 10.1. The predicted octanol–water partition coefficient (Wildman–Crippen LogP) is 3.07. The minimum atomic E-state index is -4.19. The number of ether oxygens (including phenoxy) is 2. The topological polar surface area (TPSA) is 150 Å². The summed E-state index contributed by atoms with van der Waals surface area (Å²) in [5.41, 5.74) is 0.0578. The summed E-state index contributed by atoms with van der Waals surface area (Å²) < 4.78 is 38.1. The minimum Gasteiger partial charge on any atom is -0.475 e. The van der Waals surface area contributed by atoms with Crippen LogP contribution in [0.15, 0.2) is 71.8 Å². The highest BCUT2D eigenvalue weighted by molar-refractivity contribution is 7.92. The monoisotopic (exact) mass is 472 g/mol. The lowest BCUT2D eigenvalue weighted by molar-refractivity contribution is -0.385. The molecule has 0 fully saturated rings. The number of non-ortho nitro benzene ring substituents is 1. The average Bonchev–Trinajstić information content (AvgIpc) is 2.80. The standard InChI is InChI=1S/C21H20N4O7S/c1-31-11-12-32-20-10-9-15(14-22-20)23-21(26)18-7-2-3-8-19(18)24-33(29,30)17-6-4-5-16(13-17)25(27)28/h2-10,13-14,24H,11-12H2,1H3,(H,23,26). The molecule has 3 rings (SSSR count). The van der Waals surface area contributed by atoms with E-state index in [0.29, 0.717) is 24.8 Å². The second-order valence-corrected chi connectivity index (χ2v) is 8.27. The number of pyridine rings is 1. The van der Waals surface area contributed by atoms with Crippen molar-refractivity contribution in [3.05, 3.63) is 82.5 Å². The quantitative estimate of drug-likeness (QED) is 0.260. The lowest BCUT2D eigenvalue weighted by Crippen LogP contribution is -2.18. The maximum Gasteiger partial charge on any atom is 0.270 e. The van der Waals surface area contributed by atoms with E-state index < -0.39 is 20.9 Å². The summed E-state index contributed by atoms with van der Waals surface area (Å²) in [6, 6.07) is 13.7. The molecule has 0 aliphatic rings. The molecule has 2 aromatic carbocycles. The zero-order valence-electron chi connectivity index (χ0n) is 17.4. The summed E-state index contributed by atoms with van der Waals surface area (Å²) in [4.78, 5) is 26.8. The van der Waals surface area contributed by atoms with E-state index in [1.807, 2.05) is 0 Å². The number of hydrogen-bond donors (Lipinski definition) is 2. The van der Waals surface area contributed by atoms with Crippen LogP contribution in [0.2, 0.25) is 0 Å². The van der Waals surface area contributed by atoms with Crippen molar-refractivity contribution in [2.75, 3.05) is 30.4 Å². The third kappa shape index (κ3) is 6.24. The van der Waals surface area contributed by atoms with Crippen LogP contribution < -0.4 is 14.8 Å². The van der Waals surface area contributed by atoms with E-state index in [-0.39, 0.29) is 21.8 Å². The highest BCUT2D eigenvalue weighted by Crippen LogP contribution is 2.23. The molecule has 0 radical (unpaired) electrons. The molecular weight excluding hydrogens is 452 g/mol. The largest absolute Gasteiger partial charge is 0.475 e. The van der Waals surface area contributed by atoms with E-state index >= 15 is 0 Å². The smallest absolute Gasteiger partial charge is 0.270 e. The number of amides is 1. The Morgan fingerprint density at radius 1 is 1.09 bits per heavy atom. The number of benzene rings is 2. The van der Waals surface area contributed by atoms with E-state index in [1.54, 1.807) is 31.4 Å². The Morgan fingerprint density at radius 2 is 1.88 bits per heavy atom. The zero-order chi connectivity index (χ0) is 23.8. The van der Waals surface area contributed by atoms with Gasteiger partial charge in [0.1, 0.15) is 6.61 Å². The highest BCUT2D eigenvalue weighted by Gasteiger charge is 2.21. The van der Waals surface area contributed by atoms with Crippen molar-refractivity contribution in [2.45, 2.75) is 4.90 Å². The molecule has 0 atom stereocenters. The maximum absolute atomic E-state index is 12.8. The van der Waals surface area contributed by atoms with Gasteiger partial charge in [-0.15, -0.1) is 0 Å². The van der Waals surface area contributed by atoms with Crippen LogP contribution in [0.1, 0.15) is 10.4 Å². The summed E-state index contributed by atoms with van der Waals surface area (Å²) in [6.45, 7) is 0.733. The molecule has 3 aromatic rings. The average molecular weight is 472 g/mol. The van der Waals surface area contributed by atoms with Crippen molar-refractivity contribution in [1.29, 1.82) is 0 Å². The number of rotatable bonds is 10. The summed E-state index contributed by atoms with van der Waals surface area (Å²) in [5.74, 6) is -0.225. The number of carbonyl (C=O) groups is 1. The molecule has 1 aromatic heterocycles. The number of hydrogen-bond acceptors (Lipinski definition) is 8. The van der Waals surface area contributed by atoms with Crippen LogP contribution in [0.3, 0.4) is 0 Å². The fraction of sp³-hybridized carbons (Fsp3) is 0.143. The van der Waals surface area contributed by atoms with Gasteiger partial charge in [-0.2, -0.15) is 0 Å². The van der Waals surface area contributed by atoms with E-state index in [2.05, 4.69) is 15.0 Å². The lowest BCUT2D eigenvalue weighted by Gasteiger charge is -2.13.